The van der Waals surface area contributed by atoms with Gasteiger partial charge in [0, 0.05) is 5.56 Å². The Morgan fingerprint density at radius 3 is 1.97 bits per heavy atom. The summed E-state index contributed by atoms with van der Waals surface area (Å²) in [6.45, 7) is 0.935. The molecule has 1 nitrogen and oxygen atoms in total. The molecule has 0 heterocycles. The van der Waals surface area contributed by atoms with Crippen molar-refractivity contribution in [2.24, 2.45) is 17.8 Å². The molecule has 186 valence electrons. The Balaban J connectivity index is 1.36. The van der Waals surface area contributed by atoms with Crippen molar-refractivity contribution < 1.29 is 22.3 Å². The number of alkyl halides is 1. The van der Waals surface area contributed by atoms with Gasteiger partial charge in [0.25, 0.3) is 0 Å². The first-order valence-electron chi connectivity index (χ1n) is 13.0. The molecule has 2 aromatic rings. The maximum Gasteiger partial charge on any atom is 0.228 e. The zero-order chi connectivity index (χ0) is 24.1. The first-order valence-corrected chi connectivity index (χ1v) is 13.0. The predicted octanol–water partition coefficient (Wildman–Crippen LogP) is 9.35. The van der Waals surface area contributed by atoms with E-state index in [2.05, 4.69) is 11.7 Å². The summed E-state index contributed by atoms with van der Waals surface area (Å²) in [6, 6.07) is 6.95. The molecule has 2 saturated carbocycles. The van der Waals surface area contributed by atoms with Crippen LogP contribution in [0.3, 0.4) is 0 Å². The summed E-state index contributed by atoms with van der Waals surface area (Å²) < 4.78 is 59.8. The van der Waals surface area contributed by atoms with Gasteiger partial charge >= 0.3 is 0 Å². The SMILES string of the molecule is CCCCC1CCC(C2CCC(c3ccc(-c4cc(F)c(OCF)c(F)c4)c(F)c3)CC2)CC1. The minimum Gasteiger partial charge on any atom is -0.457 e. The standard InChI is InChI=1S/C29H36F4O/c1-2-3-4-19-5-7-20(8-6-19)21-9-11-22(12-10-21)23-13-14-25(26(31)15-23)24-16-27(32)29(34-18-30)28(33)17-24/h13-17,19-22H,2-12,18H2,1H3. The largest absolute Gasteiger partial charge is 0.457 e. The molecule has 34 heavy (non-hydrogen) atoms. The third-order valence-corrected chi connectivity index (χ3v) is 8.27. The van der Waals surface area contributed by atoms with Crippen LogP contribution in [-0.2, 0) is 0 Å². The van der Waals surface area contributed by atoms with Crippen molar-refractivity contribution in [2.45, 2.75) is 83.5 Å². The fraction of sp³-hybridized carbons (Fsp3) is 0.586. The second-order valence-corrected chi connectivity index (χ2v) is 10.3. The van der Waals surface area contributed by atoms with E-state index in [4.69, 9.17) is 0 Å². The first-order chi connectivity index (χ1) is 16.5. The molecule has 0 radical (unpaired) electrons. The second kappa shape index (κ2) is 11.6. The van der Waals surface area contributed by atoms with Crippen molar-refractivity contribution >= 4 is 0 Å². The molecular weight excluding hydrogens is 440 g/mol. The number of ether oxygens (including phenoxy) is 1. The molecular formula is C29H36F4O. The van der Waals surface area contributed by atoms with Crippen LogP contribution in [0.2, 0.25) is 0 Å². The van der Waals surface area contributed by atoms with Crippen molar-refractivity contribution in [3.63, 3.8) is 0 Å². The van der Waals surface area contributed by atoms with Crippen molar-refractivity contribution in [2.75, 3.05) is 6.86 Å². The van der Waals surface area contributed by atoms with Crippen LogP contribution in [0, 0.1) is 35.2 Å². The number of hydrogen-bond acceptors (Lipinski definition) is 1. The van der Waals surface area contributed by atoms with E-state index < -0.39 is 30.1 Å². The second-order valence-electron chi connectivity index (χ2n) is 10.3. The van der Waals surface area contributed by atoms with Gasteiger partial charge in [-0.05, 0) is 91.5 Å². The van der Waals surface area contributed by atoms with Crippen LogP contribution in [-0.4, -0.2) is 6.86 Å². The van der Waals surface area contributed by atoms with E-state index in [0.29, 0.717) is 5.92 Å². The predicted molar refractivity (Wildman–Crippen MR) is 128 cm³/mol. The summed E-state index contributed by atoms with van der Waals surface area (Å²) in [5.41, 5.74) is 1.16. The summed E-state index contributed by atoms with van der Waals surface area (Å²) in [5, 5.41) is 0. The summed E-state index contributed by atoms with van der Waals surface area (Å²) in [4.78, 5) is 0. The minimum atomic E-state index is -1.33. The Kier molecular flexibility index (Phi) is 8.55. The lowest BCUT2D eigenvalue weighted by molar-refractivity contribution is 0.156. The van der Waals surface area contributed by atoms with Gasteiger partial charge in [-0.25, -0.2) is 17.6 Å². The molecule has 0 aliphatic heterocycles. The highest BCUT2D eigenvalue weighted by molar-refractivity contribution is 5.66. The van der Waals surface area contributed by atoms with Crippen molar-refractivity contribution in [3.8, 4) is 16.9 Å². The van der Waals surface area contributed by atoms with Gasteiger partial charge in [0.2, 0.25) is 6.86 Å². The van der Waals surface area contributed by atoms with E-state index in [1.165, 1.54) is 63.9 Å². The van der Waals surface area contributed by atoms with Gasteiger partial charge in [0.15, 0.2) is 17.4 Å². The molecule has 0 atom stereocenters. The van der Waals surface area contributed by atoms with Crippen molar-refractivity contribution in [1.29, 1.82) is 0 Å². The van der Waals surface area contributed by atoms with E-state index in [-0.39, 0.29) is 11.1 Å². The molecule has 0 N–H and O–H groups in total. The van der Waals surface area contributed by atoms with Crippen LogP contribution >= 0.6 is 0 Å². The van der Waals surface area contributed by atoms with Gasteiger partial charge in [-0.2, -0.15) is 0 Å². The lowest BCUT2D eigenvalue weighted by Gasteiger charge is -2.38. The molecule has 2 aliphatic carbocycles. The highest BCUT2D eigenvalue weighted by Crippen LogP contribution is 2.45. The van der Waals surface area contributed by atoms with Gasteiger partial charge in [0.1, 0.15) is 5.82 Å². The zero-order valence-electron chi connectivity index (χ0n) is 20.1. The number of unbranched alkanes of at least 4 members (excludes halogenated alkanes) is 1. The number of halogens is 4. The third-order valence-electron chi connectivity index (χ3n) is 8.27. The third kappa shape index (κ3) is 5.78. The molecule has 2 fully saturated rings. The average molecular weight is 477 g/mol. The summed E-state index contributed by atoms with van der Waals surface area (Å²) in [6.07, 6.45) is 14.1. The van der Waals surface area contributed by atoms with E-state index in [0.717, 1.165) is 48.3 Å². The molecule has 2 aromatic carbocycles. The molecule has 0 unspecified atom stereocenters. The Morgan fingerprint density at radius 1 is 0.794 bits per heavy atom. The Hall–Kier alpha value is -2.04. The molecule has 0 spiro atoms. The maximum atomic E-state index is 15.0. The summed E-state index contributed by atoms with van der Waals surface area (Å²) >= 11 is 0. The fourth-order valence-electron chi connectivity index (χ4n) is 6.29. The van der Waals surface area contributed by atoms with Crippen LogP contribution < -0.4 is 4.74 Å². The lowest BCUT2D eigenvalue weighted by Crippen LogP contribution is -2.25. The molecule has 0 saturated heterocycles. The number of hydrogen-bond donors (Lipinski definition) is 0. The summed E-state index contributed by atoms with van der Waals surface area (Å²) in [7, 11) is 0. The van der Waals surface area contributed by atoms with Crippen LogP contribution in [0.1, 0.15) is 89.0 Å². The smallest absolute Gasteiger partial charge is 0.228 e. The molecule has 5 heteroatoms. The minimum absolute atomic E-state index is 0.0727. The van der Waals surface area contributed by atoms with Crippen molar-refractivity contribution in [3.05, 3.63) is 53.3 Å². The number of rotatable bonds is 8. The molecule has 2 aliphatic rings. The Bertz CT molecular complexity index is 920. The fourth-order valence-corrected chi connectivity index (χ4v) is 6.29. The molecule has 0 bridgehead atoms. The maximum absolute atomic E-state index is 15.0. The zero-order valence-corrected chi connectivity index (χ0v) is 20.1. The van der Waals surface area contributed by atoms with Crippen molar-refractivity contribution in [1.82, 2.24) is 0 Å². The topological polar surface area (TPSA) is 9.23 Å². The van der Waals surface area contributed by atoms with Crippen LogP contribution in [0.25, 0.3) is 11.1 Å². The quantitative estimate of drug-likeness (QED) is 0.345. The van der Waals surface area contributed by atoms with Gasteiger partial charge < -0.3 is 4.74 Å². The molecule has 0 amide bonds. The van der Waals surface area contributed by atoms with Crippen LogP contribution in [0.5, 0.6) is 5.75 Å². The highest BCUT2D eigenvalue weighted by Gasteiger charge is 2.31. The van der Waals surface area contributed by atoms with E-state index in [1.54, 1.807) is 6.07 Å². The van der Waals surface area contributed by atoms with Gasteiger partial charge in [-0.1, -0.05) is 51.2 Å². The van der Waals surface area contributed by atoms with Gasteiger partial charge in [-0.3, -0.25) is 0 Å². The number of benzene rings is 2. The van der Waals surface area contributed by atoms with E-state index >= 15 is 0 Å². The van der Waals surface area contributed by atoms with E-state index in [1.807, 2.05) is 6.07 Å². The van der Waals surface area contributed by atoms with Gasteiger partial charge in [-0.15, -0.1) is 0 Å². The lowest BCUT2D eigenvalue weighted by atomic mass is 9.68. The van der Waals surface area contributed by atoms with E-state index in [9.17, 15) is 17.6 Å². The Labute approximate surface area is 200 Å². The average Bonchev–Trinajstić information content (AvgIpc) is 2.85. The molecule has 0 aromatic heterocycles. The highest BCUT2D eigenvalue weighted by atomic mass is 19.1. The Morgan fingerprint density at radius 2 is 1.41 bits per heavy atom. The van der Waals surface area contributed by atoms with Crippen LogP contribution in [0.15, 0.2) is 30.3 Å². The van der Waals surface area contributed by atoms with Crippen LogP contribution in [0.4, 0.5) is 17.6 Å². The monoisotopic (exact) mass is 476 g/mol. The summed E-state index contributed by atoms with van der Waals surface area (Å²) in [5.74, 6) is -0.464. The molecule has 4 rings (SSSR count). The first kappa shape index (κ1) is 25.1. The normalized spacial score (nSPS) is 25.3. The van der Waals surface area contributed by atoms with Gasteiger partial charge in [0.05, 0.1) is 0 Å².